The molecule has 0 aromatic heterocycles. The van der Waals surface area contributed by atoms with E-state index in [-0.39, 0.29) is 11.8 Å². The van der Waals surface area contributed by atoms with E-state index < -0.39 is 11.0 Å². The first-order valence-corrected chi connectivity index (χ1v) is 10.0. The van der Waals surface area contributed by atoms with Crippen molar-refractivity contribution < 1.29 is 14.3 Å². The highest BCUT2D eigenvalue weighted by Crippen LogP contribution is 2.22. The summed E-state index contributed by atoms with van der Waals surface area (Å²) in [4.78, 5) is 24.1. The van der Waals surface area contributed by atoms with Crippen molar-refractivity contribution in [3.05, 3.63) is 0 Å². The summed E-state index contributed by atoms with van der Waals surface area (Å²) in [5, 5.41) is 5.96. The molecule has 0 saturated heterocycles. The second-order valence-corrected chi connectivity index (χ2v) is 9.41. The Kier molecular flexibility index (Phi) is 11.1. The molecule has 0 saturated carbocycles. The molecule has 0 radical (unpaired) electrons. The lowest BCUT2D eigenvalue weighted by Crippen LogP contribution is -2.42. The van der Waals surface area contributed by atoms with Gasteiger partial charge in [-0.3, -0.25) is 9.59 Å². The van der Waals surface area contributed by atoms with Gasteiger partial charge in [0.15, 0.2) is 0 Å². The molecule has 0 aliphatic carbocycles. The first-order valence-electron chi connectivity index (χ1n) is 10.0. The molecule has 0 fully saturated rings. The van der Waals surface area contributed by atoms with E-state index in [4.69, 9.17) is 4.74 Å². The number of ether oxygens (including phenoxy) is 1. The van der Waals surface area contributed by atoms with Crippen LogP contribution in [0.5, 0.6) is 0 Å². The Morgan fingerprint density at radius 2 is 1.58 bits per heavy atom. The lowest BCUT2D eigenvalue weighted by molar-refractivity contribution is -0.131. The van der Waals surface area contributed by atoms with Crippen molar-refractivity contribution in [2.75, 3.05) is 19.7 Å². The summed E-state index contributed by atoms with van der Waals surface area (Å²) in [6.45, 7) is 17.9. The fourth-order valence-corrected chi connectivity index (χ4v) is 2.45. The van der Waals surface area contributed by atoms with Gasteiger partial charge < -0.3 is 15.4 Å². The quantitative estimate of drug-likeness (QED) is 0.483. The van der Waals surface area contributed by atoms with Crippen LogP contribution in [0.25, 0.3) is 0 Å². The summed E-state index contributed by atoms with van der Waals surface area (Å²) in [6, 6.07) is 0. The molecule has 0 heterocycles. The van der Waals surface area contributed by atoms with Gasteiger partial charge in [-0.05, 0) is 44.9 Å². The highest BCUT2D eigenvalue weighted by Gasteiger charge is 2.28. The maximum Gasteiger partial charge on any atom is 0.225 e. The molecule has 0 rings (SSSR count). The molecule has 0 atom stereocenters. The molecule has 0 aromatic carbocycles. The average Bonchev–Trinajstić information content (AvgIpc) is 2.48. The van der Waals surface area contributed by atoms with Gasteiger partial charge in [0, 0.05) is 31.5 Å². The smallest absolute Gasteiger partial charge is 0.225 e. The number of amides is 2. The van der Waals surface area contributed by atoms with Crippen molar-refractivity contribution in [3.8, 4) is 0 Å². The van der Waals surface area contributed by atoms with Crippen LogP contribution in [0.3, 0.4) is 0 Å². The zero-order valence-electron chi connectivity index (χ0n) is 18.3. The predicted molar refractivity (Wildman–Crippen MR) is 108 cm³/mol. The topological polar surface area (TPSA) is 67.4 Å². The van der Waals surface area contributed by atoms with Gasteiger partial charge >= 0.3 is 0 Å². The fourth-order valence-electron chi connectivity index (χ4n) is 2.45. The molecular formula is C21H42N2O3. The summed E-state index contributed by atoms with van der Waals surface area (Å²) < 4.78 is 5.93. The summed E-state index contributed by atoms with van der Waals surface area (Å²) in [7, 11) is 0. The molecule has 5 heteroatoms. The molecule has 5 nitrogen and oxygen atoms in total. The summed E-state index contributed by atoms with van der Waals surface area (Å²) in [6.07, 6.45) is 3.31. The minimum Gasteiger partial charge on any atom is -0.374 e. The van der Waals surface area contributed by atoms with Crippen LogP contribution in [0.15, 0.2) is 0 Å². The normalized spacial score (nSPS) is 12.5. The Balaban J connectivity index is 4.16. The molecule has 26 heavy (non-hydrogen) atoms. The minimum atomic E-state index is -0.463. The second kappa shape index (κ2) is 11.6. The monoisotopic (exact) mass is 370 g/mol. The summed E-state index contributed by atoms with van der Waals surface area (Å²) in [5.41, 5.74) is -0.911. The van der Waals surface area contributed by atoms with Crippen molar-refractivity contribution in [3.63, 3.8) is 0 Å². The van der Waals surface area contributed by atoms with Crippen LogP contribution in [0.1, 0.15) is 81.1 Å². The number of hydrogen-bond acceptors (Lipinski definition) is 3. The van der Waals surface area contributed by atoms with Crippen LogP contribution in [-0.4, -0.2) is 37.1 Å². The standard InChI is InChI=1S/C21H42N2O3/c1-16(2)10-9-12-22-19(25)20(5,6)11-13-26-21(7,8)15-23-18(24)14-17(3)4/h16-17H,9-15H2,1-8H3,(H,22,25)(H,23,24). The van der Waals surface area contributed by atoms with E-state index in [9.17, 15) is 9.59 Å². The van der Waals surface area contributed by atoms with Gasteiger partial charge in [-0.25, -0.2) is 0 Å². The Morgan fingerprint density at radius 3 is 2.12 bits per heavy atom. The van der Waals surface area contributed by atoms with Crippen molar-refractivity contribution in [2.45, 2.75) is 86.7 Å². The first-order chi connectivity index (χ1) is 11.9. The van der Waals surface area contributed by atoms with E-state index in [1.807, 2.05) is 41.5 Å². The van der Waals surface area contributed by atoms with E-state index in [0.717, 1.165) is 19.4 Å². The largest absolute Gasteiger partial charge is 0.374 e. The Bertz CT molecular complexity index is 429. The predicted octanol–water partition coefficient (Wildman–Crippen LogP) is 3.91. The minimum absolute atomic E-state index is 0.0535. The number of carbonyl (C=O) groups is 2. The van der Waals surface area contributed by atoms with E-state index in [2.05, 4.69) is 24.5 Å². The summed E-state index contributed by atoms with van der Waals surface area (Å²) >= 11 is 0. The Hall–Kier alpha value is -1.10. The lowest BCUT2D eigenvalue weighted by Gasteiger charge is -2.29. The van der Waals surface area contributed by atoms with Gasteiger partial charge in [0.25, 0.3) is 0 Å². The molecule has 0 aliphatic rings. The van der Waals surface area contributed by atoms with Crippen LogP contribution in [0.2, 0.25) is 0 Å². The van der Waals surface area contributed by atoms with Crippen LogP contribution in [-0.2, 0) is 14.3 Å². The van der Waals surface area contributed by atoms with E-state index in [0.29, 0.717) is 37.8 Å². The summed E-state index contributed by atoms with van der Waals surface area (Å²) in [5.74, 6) is 1.14. The zero-order valence-corrected chi connectivity index (χ0v) is 18.3. The van der Waals surface area contributed by atoms with Crippen LogP contribution in [0.4, 0.5) is 0 Å². The third kappa shape index (κ3) is 12.3. The molecule has 0 unspecified atom stereocenters. The van der Waals surface area contributed by atoms with Crippen molar-refractivity contribution >= 4 is 11.8 Å². The molecular weight excluding hydrogens is 328 g/mol. The third-order valence-electron chi connectivity index (χ3n) is 4.38. The number of carbonyl (C=O) groups excluding carboxylic acids is 2. The van der Waals surface area contributed by atoms with Crippen LogP contribution >= 0.6 is 0 Å². The molecule has 0 bridgehead atoms. The Labute approximate surface area is 161 Å². The van der Waals surface area contributed by atoms with Gasteiger partial charge in [-0.1, -0.05) is 41.5 Å². The molecule has 2 amide bonds. The second-order valence-electron chi connectivity index (χ2n) is 9.41. The van der Waals surface area contributed by atoms with Crippen LogP contribution < -0.4 is 10.6 Å². The van der Waals surface area contributed by atoms with Crippen LogP contribution in [0, 0.1) is 17.3 Å². The van der Waals surface area contributed by atoms with Gasteiger partial charge in [-0.2, -0.15) is 0 Å². The molecule has 154 valence electrons. The van der Waals surface area contributed by atoms with Crippen molar-refractivity contribution in [1.29, 1.82) is 0 Å². The lowest BCUT2D eigenvalue weighted by atomic mass is 9.88. The van der Waals surface area contributed by atoms with Crippen molar-refractivity contribution in [1.82, 2.24) is 10.6 Å². The zero-order chi connectivity index (χ0) is 20.4. The first kappa shape index (κ1) is 24.9. The molecule has 0 aliphatic heterocycles. The highest BCUT2D eigenvalue weighted by atomic mass is 16.5. The number of nitrogens with one attached hydrogen (secondary N) is 2. The molecule has 0 spiro atoms. The van der Waals surface area contributed by atoms with Gasteiger partial charge in [0.1, 0.15) is 0 Å². The third-order valence-corrected chi connectivity index (χ3v) is 4.38. The number of hydrogen-bond donors (Lipinski definition) is 2. The highest BCUT2D eigenvalue weighted by molar-refractivity contribution is 5.81. The molecule has 2 N–H and O–H groups in total. The maximum atomic E-state index is 12.4. The van der Waals surface area contributed by atoms with Gasteiger partial charge in [0.2, 0.25) is 11.8 Å². The van der Waals surface area contributed by atoms with E-state index in [1.54, 1.807) is 0 Å². The Morgan fingerprint density at radius 1 is 0.962 bits per heavy atom. The SMILES string of the molecule is CC(C)CCCNC(=O)C(C)(C)CCOC(C)(C)CNC(=O)CC(C)C. The van der Waals surface area contributed by atoms with E-state index in [1.165, 1.54) is 0 Å². The van der Waals surface area contributed by atoms with Gasteiger partial charge in [0.05, 0.1) is 5.60 Å². The average molecular weight is 371 g/mol. The number of rotatable bonds is 13. The van der Waals surface area contributed by atoms with E-state index >= 15 is 0 Å². The van der Waals surface area contributed by atoms with Gasteiger partial charge in [-0.15, -0.1) is 0 Å². The van der Waals surface area contributed by atoms with Crippen molar-refractivity contribution in [2.24, 2.45) is 17.3 Å². The molecule has 0 aromatic rings. The fraction of sp³-hybridized carbons (Fsp3) is 0.905. The maximum absolute atomic E-state index is 12.4.